The molecule has 11 heteroatoms. The van der Waals surface area contributed by atoms with E-state index < -0.39 is 34.8 Å². The monoisotopic (exact) mass is 494 g/mol. The molecule has 0 N–H and O–H groups in total. The van der Waals surface area contributed by atoms with Gasteiger partial charge in [-0.15, -0.1) is 5.10 Å². The third-order valence-corrected chi connectivity index (χ3v) is 5.87. The molecule has 0 aliphatic carbocycles. The third-order valence-electron chi connectivity index (χ3n) is 5.87. The Hall–Kier alpha value is -4.46. The van der Waals surface area contributed by atoms with Crippen LogP contribution in [-0.4, -0.2) is 43.9 Å². The molecule has 1 saturated heterocycles. The second-order valence-corrected chi connectivity index (χ2v) is 8.60. The van der Waals surface area contributed by atoms with Crippen LogP contribution in [0, 0.1) is 11.3 Å². The fourth-order valence-corrected chi connectivity index (χ4v) is 3.86. The molecule has 0 spiro atoms. The van der Waals surface area contributed by atoms with Crippen LogP contribution in [0.1, 0.15) is 25.0 Å². The van der Waals surface area contributed by atoms with Crippen LogP contribution in [0.3, 0.4) is 0 Å². The molecule has 1 aliphatic heterocycles. The van der Waals surface area contributed by atoms with Crippen LogP contribution in [0.2, 0.25) is 0 Å². The summed E-state index contributed by atoms with van der Waals surface area (Å²) in [6.45, 7) is 3.47. The van der Waals surface area contributed by atoms with Crippen molar-refractivity contribution in [3.05, 3.63) is 78.0 Å². The number of urea groups is 1. The van der Waals surface area contributed by atoms with Gasteiger partial charge in [0.05, 0.1) is 35.6 Å². The number of hydrogen-bond donors (Lipinski definition) is 0. The number of aromatic nitrogens is 3. The van der Waals surface area contributed by atoms with Crippen molar-refractivity contribution in [2.45, 2.75) is 32.1 Å². The van der Waals surface area contributed by atoms with Gasteiger partial charge in [-0.05, 0) is 32.0 Å². The van der Waals surface area contributed by atoms with E-state index >= 15 is 0 Å². The largest absolute Gasteiger partial charge is 0.417 e. The summed E-state index contributed by atoms with van der Waals surface area (Å²) >= 11 is 0. The van der Waals surface area contributed by atoms with Crippen molar-refractivity contribution < 1.29 is 22.8 Å². The molecule has 36 heavy (non-hydrogen) atoms. The highest BCUT2D eigenvalue weighted by Gasteiger charge is 2.51. The van der Waals surface area contributed by atoms with E-state index in [9.17, 15) is 22.8 Å². The van der Waals surface area contributed by atoms with Gasteiger partial charge in [0.25, 0.3) is 5.91 Å². The topological polar surface area (TPSA) is 95.1 Å². The second kappa shape index (κ2) is 9.30. The minimum Gasteiger partial charge on any atom is -0.306 e. The molecule has 0 atom stereocenters. The van der Waals surface area contributed by atoms with Gasteiger partial charge >= 0.3 is 12.2 Å². The molecule has 8 nitrogen and oxygen atoms in total. The Morgan fingerprint density at radius 1 is 1.06 bits per heavy atom. The van der Waals surface area contributed by atoms with Crippen molar-refractivity contribution in [1.29, 1.82) is 5.26 Å². The first-order valence-corrected chi connectivity index (χ1v) is 10.9. The average Bonchev–Trinajstić information content (AvgIpc) is 3.38. The van der Waals surface area contributed by atoms with E-state index in [-0.39, 0.29) is 12.2 Å². The van der Waals surface area contributed by atoms with E-state index in [1.807, 2.05) is 30.3 Å². The highest BCUT2D eigenvalue weighted by atomic mass is 19.4. The first kappa shape index (κ1) is 24.7. The lowest BCUT2D eigenvalue weighted by Gasteiger charge is -2.26. The van der Waals surface area contributed by atoms with E-state index in [4.69, 9.17) is 5.26 Å². The number of rotatable bonds is 6. The zero-order chi connectivity index (χ0) is 26.1. The summed E-state index contributed by atoms with van der Waals surface area (Å²) in [6.07, 6.45) is 0.398. The second-order valence-electron chi connectivity index (χ2n) is 8.60. The molecule has 3 amide bonds. The predicted molar refractivity (Wildman–Crippen MR) is 124 cm³/mol. The number of alkyl halides is 3. The van der Waals surface area contributed by atoms with Crippen LogP contribution in [0.5, 0.6) is 0 Å². The number of halogens is 3. The summed E-state index contributed by atoms with van der Waals surface area (Å²) in [7, 11) is 0. The first-order valence-electron chi connectivity index (χ1n) is 10.9. The summed E-state index contributed by atoms with van der Waals surface area (Å²) in [5.41, 5.74) is -1.70. The van der Waals surface area contributed by atoms with E-state index in [0.29, 0.717) is 23.2 Å². The maximum Gasteiger partial charge on any atom is 0.417 e. The van der Waals surface area contributed by atoms with Crippen LogP contribution in [-0.2, 0) is 17.5 Å². The lowest BCUT2D eigenvalue weighted by atomic mass is 10.0. The summed E-state index contributed by atoms with van der Waals surface area (Å²) < 4.78 is 41.8. The number of hydrogen-bond acceptors (Lipinski definition) is 5. The smallest absolute Gasteiger partial charge is 0.306 e. The molecule has 0 radical (unpaired) electrons. The number of nitriles is 1. The standard InChI is InChI=1S/C25H21F3N6O2/c1-24(2)22(35)34(19-11-10-18(15-29)20(14-19)25(26,27)28)23(36)33(24)13-7-6-12-32-16-21(30-31-32)17-8-4-3-5-9-17/h3-11,14,16H,12-13H2,1-2H3/b7-6-. The Morgan fingerprint density at radius 3 is 2.42 bits per heavy atom. The minimum atomic E-state index is -4.81. The Kier molecular flexibility index (Phi) is 6.37. The van der Waals surface area contributed by atoms with E-state index in [1.54, 1.807) is 23.0 Å². The van der Waals surface area contributed by atoms with Crippen LogP contribution >= 0.6 is 0 Å². The highest BCUT2D eigenvalue weighted by molar-refractivity contribution is 6.23. The Balaban J connectivity index is 1.49. The molecule has 0 unspecified atom stereocenters. The molecule has 1 fully saturated rings. The molecular weight excluding hydrogens is 473 g/mol. The fourth-order valence-electron chi connectivity index (χ4n) is 3.86. The molecule has 184 valence electrons. The molecule has 2 heterocycles. The SMILES string of the molecule is CC1(C)C(=O)N(c2ccc(C#N)c(C(F)(F)F)c2)C(=O)N1C/C=C\Cn1cc(-c2ccccc2)nn1. The zero-order valence-corrected chi connectivity index (χ0v) is 19.4. The van der Waals surface area contributed by atoms with E-state index in [1.165, 1.54) is 24.8 Å². The Bertz CT molecular complexity index is 1370. The van der Waals surface area contributed by atoms with Crippen molar-refractivity contribution in [2.75, 3.05) is 11.4 Å². The van der Waals surface area contributed by atoms with Gasteiger partial charge in [-0.1, -0.05) is 47.7 Å². The summed E-state index contributed by atoms with van der Waals surface area (Å²) in [6, 6.07) is 13.0. The van der Waals surface area contributed by atoms with Crippen molar-refractivity contribution in [1.82, 2.24) is 19.9 Å². The van der Waals surface area contributed by atoms with Gasteiger partial charge in [-0.25, -0.2) is 14.4 Å². The summed E-state index contributed by atoms with van der Waals surface area (Å²) in [4.78, 5) is 28.1. The quantitative estimate of drug-likeness (QED) is 0.368. The van der Waals surface area contributed by atoms with Gasteiger partial charge in [0.1, 0.15) is 11.2 Å². The number of carbonyl (C=O) groups is 2. The van der Waals surface area contributed by atoms with Gasteiger partial charge in [0, 0.05) is 12.1 Å². The molecule has 4 rings (SSSR count). The van der Waals surface area contributed by atoms with Crippen LogP contribution < -0.4 is 4.90 Å². The van der Waals surface area contributed by atoms with Crippen molar-refractivity contribution in [3.8, 4) is 17.3 Å². The number of nitrogens with zero attached hydrogens (tertiary/aromatic N) is 6. The summed E-state index contributed by atoms with van der Waals surface area (Å²) in [5.74, 6) is -0.664. The number of imide groups is 1. The van der Waals surface area contributed by atoms with Gasteiger partial charge in [0.2, 0.25) is 0 Å². The molecule has 3 aromatic rings. The first-order chi connectivity index (χ1) is 17.0. The number of benzene rings is 2. The predicted octanol–water partition coefficient (Wildman–Crippen LogP) is 4.64. The molecule has 1 aliphatic rings. The van der Waals surface area contributed by atoms with E-state index in [2.05, 4.69) is 10.3 Å². The number of anilines is 1. The zero-order valence-electron chi connectivity index (χ0n) is 19.4. The van der Waals surface area contributed by atoms with Crippen LogP contribution in [0.4, 0.5) is 23.7 Å². The molecule has 0 saturated carbocycles. The lowest BCUT2D eigenvalue weighted by Crippen LogP contribution is -2.44. The van der Waals surface area contributed by atoms with Crippen LogP contribution in [0.15, 0.2) is 66.9 Å². The number of allylic oxidation sites excluding steroid dienone is 1. The molecule has 0 bridgehead atoms. The molecule has 2 aromatic carbocycles. The van der Waals surface area contributed by atoms with Gasteiger partial charge in [-0.2, -0.15) is 18.4 Å². The number of carbonyl (C=O) groups excluding carboxylic acids is 2. The number of amides is 3. The van der Waals surface area contributed by atoms with Gasteiger partial charge in [0.15, 0.2) is 0 Å². The normalized spacial score (nSPS) is 15.7. The van der Waals surface area contributed by atoms with Crippen molar-refractivity contribution in [2.24, 2.45) is 0 Å². The fraction of sp³-hybridized carbons (Fsp3) is 0.240. The minimum absolute atomic E-state index is 0.0523. The average molecular weight is 494 g/mol. The van der Waals surface area contributed by atoms with Crippen molar-refractivity contribution >= 4 is 17.6 Å². The summed E-state index contributed by atoms with van der Waals surface area (Å²) in [5, 5.41) is 17.2. The Morgan fingerprint density at radius 2 is 1.75 bits per heavy atom. The molecule has 1 aromatic heterocycles. The lowest BCUT2D eigenvalue weighted by molar-refractivity contribution is -0.137. The third kappa shape index (κ3) is 4.57. The maximum absolute atomic E-state index is 13.4. The van der Waals surface area contributed by atoms with Crippen LogP contribution in [0.25, 0.3) is 11.3 Å². The maximum atomic E-state index is 13.4. The van der Waals surface area contributed by atoms with Crippen molar-refractivity contribution in [3.63, 3.8) is 0 Å². The van der Waals surface area contributed by atoms with E-state index in [0.717, 1.165) is 17.7 Å². The molecular formula is C25H21F3N6O2. The highest BCUT2D eigenvalue weighted by Crippen LogP contribution is 2.37. The Labute approximate surface area is 204 Å². The van der Waals surface area contributed by atoms with Gasteiger partial charge in [-0.3, -0.25) is 4.79 Å². The van der Waals surface area contributed by atoms with Gasteiger partial charge < -0.3 is 4.90 Å².